The van der Waals surface area contributed by atoms with Crippen LogP contribution in [0.5, 0.6) is 11.5 Å². The quantitative estimate of drug-likeness (QED) is 0.513. The minimum Gasteiger partial charge on any atom is -0.493 e. The van der Waals surface area contributed by atoms with Gasteiger partial charge in [-0.05, 0) is 25.5 Å². The minimum absolute atomic E-state index is 0.0821. The largest absolute Gasteiger partial charge is 0.493 e. The summed E-state index contributed by atoms with van der Waals surface area (Å²) in [7, 11) is 1.42. The molecule has 0 saturated heterocycles. The van der Waals surface area contributed by atoms with E-state index in [1.54, 1.807) is 6.92 Å². The van der Waals surface area contributed by atoms with E-state index in [1.165, 1.54) is 19.2 Å². The number of halogens is 1. The fraction of sp³-hybridized carbons (Fsp3) is 0.471. The van der Waals surface area contributed by atoms with E-state index in [-0.39, 0.29) is 22.9 Å². The van der Waals surface area contributed by atoms with Crippen molar-refractivity contribution < 1.29 is 33.3 Å². The van der Waals surface area contributed by atoms with Crippen molar-refractivity contribution in [2.24, 2.45) is 0 Å². The lowest BCUT2D eigenvalue weighted by molar-refractivity contribution is -0.123. The molecule has 0 radical (unpaired) electrons. The van der Waals surface area contributed by atoms with Gasteiger partial charge in [0.05, 0.1) is 30.9 Å². The molecule has 0 unspecified atom stereocenters. The first-order chi connectivity index (χ1) is 12.4. The number of unbranched alkanes of at least 4 members (excludes halogenated alkanes) is 1. The molecule has 0 atom stereocenters. The highest BCUT2D eigenvalue weighted by Crippen LogP contribution is 2.36. The van der Waals surface area contributed by atoms with E-state index in [2.05, 4.69) is 4.74 Å². The van der Waals surface area contributed by atoms with E-state index in [0.29, 0.717) is 12.4 Å². The third-order valence-corrected chi connectivity index (χ3v) is 3.34. The van der Waals surface area contributed by atoms with Crippen LogP contribution in [0.2, 0.25) is 5.02 Å². The second-order valence-corrected chi connectivity index (χ2v) is 5.44. The fourth-order valence-electron chi connectivity index (χ4n) is 1.83. The van der Waals surface area contributed by atoms with Crippen LogP contribution in [0.1, 0.15) is 37.0 Å². The number of alkyl carbamates (subject to hydrolysis) is 1. The van der Waals surface area contributed by atoms with Gasteiger partial charge >= 0.3 is 12.1 Å². The zero-order chi connectivity index (χ0) is 19.5. The van der Waals surface area contributed by atoms with Crippen LogP contribution in [-0.2, 0) is 14.3 Å². The number of hydrogen-bond acceptors (Lipinski definition) is 7. The Bertz CT molecular complexity index is 648. The van der Waals surface area contributed by atoms with Crippen molar-refractivity contribution in [1.82, 2.24) is 5.32 Å². The predicted molar refractivity (Wildman–Crippen MR) is 93.9 cm³/mol. The summed E-state index contributed by atoms with van der Waals surface area (Å²) in [6.45, 7) is 3.55. The summed E-state index contributed by atoms with van der Waals surface area (Å²) in [4.78, 5) is 34.7. The summed E-state index contributed by atoms with van der Waals surface area (Å²) in [5.74, 6) is -1.01. The summed E-state index contributed by atoms with van der Waals surface area (Å²) < 4.78 is 20.2. The second-order valence-electron chi connectivity index (χ2n) is 5.04. The van der Waals surface area contributed by atoms with E-state index >= 15 is 0 Å². The summed E-state index contributed by atoms with van der Waals surface area (Å²) in [6.07, 6.45) is 0.892. The zero-order valence-electron chi connectivity index (χ0n) is 14.9. The van der Waals surface area contributed by atoms with Gasteiger partial charge in [-0.3, -0.25) is 10.1 Å². The van der Waals surface area contributed by atoms with Gasteiger partial charge in [0, 0.05) is 0 Å². The van der Waals surface area contributed by atoms with Gasteiger partial charge in [0.15, 0.2) is 18.1 Å². The van der Waals surface area contributed by atoms with Gasteiger partial charge in [0.25, 0.3) is 5.91 Å². The number of ether oxygens (including phenoxy) is 4. The molecule has 0 aliphatic carbocycles. The molecule has 1 rings (SSSR count). The number of benzene rings is 1. The molecule has 144 valence electrons. The standard InChI is InChI=1S/C17H22ClNO7/c1-4-6-7-25-15-12(18)8-11(9-13(15)23-3)16(21)26-10-14(20)19-17(22)24-5-2/h8-9H,4-7,10H2,1-3H3,(H,19,20,22). The zero-order valence-corrected chi connectivity index (χ0v) is 15.7. The van der Waals surface area contributed by atoms with Gasteiger partial charge < -0.3 is 18.9 Å². The van der Waals surface area contributed by atoms with Gasteiger partial charge in [0.2, 0.25) is 0 Å². The second kappa shape index (κ2) is 11.2. The molecule has 0 aliphatic rings. The van der Waals surface area contributed by atoms with E-state index in [4.69, 9.17) is 25.8 Å². The fourth-order valence-corrected chi connectivity index (χ4v) is 2.09. The average Bonchev–Trinajstić information content (AvgIpc) is 2.60. The Hall–Kier alpha value is -2.48. The van der Waals surface area contributed by atoms with Gasteiger partial charge in [-0.1, -0.05) is 24.9 Å². The molecule has 9 heteroatoms. The number of amides is 2. The number of esters is 1. The van der Waals surface area contributed by atoms with Crippen molar-refractivity contribution in [3.05, 3.63) is 22.7 Å². The molecule has 0 spiro atoms. The number of carbonyl (C=O) groups is 3. The molecule has 2 amide bonds. The van der Waals surface area contributed by atoms with Gasteiger partial charge in [-0.2, -0.15) is 0 Å². The third kappa shape index (κ3) is 6.79. The molecule has 8 nitrogen and oxygen atoms in total. The van der Waals surface area contributed by atoms with E-state index in [9.17, 15) is 14.4 Å². The van der Waals surface area contributed by atoms with Crippen LogP contribution < -0.4 is 14.8 Å². The first-order valence-electron chi connectivity index (χ1n) is 8.06. The van der Waals surface area contributed by atoms with E-state index < -0.39 is 24.6 Å². The number of imide groups is 1. The molecule has 0 aliphatic heterocycles. The van der Waals surface area contributed by atoms with Crippen LogP contribution >= 0.6 is 11.6 Å². The van der Waals surface area contributed by atoms with E-state index in [1.807, 2.05) is 12.2 Å². The molecular formula is C17H22ClNO7. The predicted octanol–water partition coefficient (Wildman–Crippen LogP) is 2.96. The Morgan fingerprint density at radius 2 is 1.88 bits per heavy atom. The van der Waals surface area contributed by atoms with Crippen LogP contribution in [0.4, 0.5) is 4.79 Å². The molecule has 26 heavy (non-hydrogen) atoms. The topological polar surface area (TPSA) is 100 Å². The molecule has 0 heterocycles. The Balaban J connectivity index is 2.72. The minimum atomic E-state index is -0.910. The lowest BCUT2D eigenvalue weighted by atomic mass is 10.2. The lowest BCUT2D eigenvalue weighted by Crippen LogP contribution is -2.34. The van der Waals surface area contributed by atoms with Crippen LogP contribution in [0, 0.1) is 0 Å². The number of hydrogen-bond donors (Lipinski definition) is 1. The first kappa shape index (κ1) is 21.6. The van der Waals surface area contributed by atoms with E-state index in [0.717, 1.165) is 12.8 Å². The molecule has 0 bridgehead atoms. The average molecular weight is 388 g/mol. The molecule has 0 fully saturated rings. The highest BCUT2D eigenvalue weighted by atomic mass is 35.5. The Morgan fingerprint density at radius 1 is 1.15 bits per heavy atom. The molecular weight excluding hydrogens is 366 g/mol. The highest BCUT2D eigenvalue weighted by Gasteiger charge is 2.18. The Labute approximate surface area is 156 Å². The van der Waals surface area contributed by atoms with Crippen molar-refractivity contribution in [2.75, 3.05) is 26.9 Å². The van der Waals surface area contributed by atoms with Crippen molar-refractivity contribution in [2.45, 2.75) is 26.7 Å². The first-order valence-corrected chi connectivity index (χ1v) is 8.44. The van der Waals surface area contributed by atoms with Gasteiger partial charge in [-0.15, -0.1) is 0 Å². The van der Waals surface area contributed by atoms with Crippen LogP contribution in [0.25, 0.3) is 0 Å². The summed E-state index contributed by atoms with van der Waals surface area (Å²) >= 11 is 6.15. The lowest BCUT2D eigenvalue weighted by Gasteiger charge is -2.13. The van der Waals surface area contributed by atoms with Crippen molar-refractivity contribution in [3.8, 4) is 11.5 Å². The molecule has 0 aromatic heterocycles. The SMILES string of the molecule is CCCCOc1c(Cl)cc(C(=O)OCC(=O)NC(=O)OCC)cc1OC. The molecule has 1 aromatic rings. The summed E-state index contributed by atoms with van der Waals surface area (Å²) in [5, 5.41) is 2.10. The van der Waals surface area contributed by atoms with Crippen molar-refractivity contribution >= 4 is 29.6 Å². The number of methoxy groups -OCH3 is 1. The maximum absolute atomic E-state index is 12.1. The maximum atomic E-state index is 12.1. The normalized spacial score (nSPS) is 10.0. The van der Waals surface area contributed by atoms with Crippen molar-refractivity contribution in [1.29, 1.82) is 0 Å². The highest BCUT2D eigenvalue weighted by molar-refractivity contribution is 6.32. The Kier molecular flexibility index (Phi) is 9.29. The van der Waals surface area contributed by atoms with Crippen LogP contribution in [-0.4, -0.2) is 44.9 Å². The van der Waals surface area contributed by atoms with Gasteiger partial charge in [0.1, 0.15) is 0 Å². The number of rotatable bonds is 9. The number of nitrogens with one attached hydrogen (secondary N) is 1. The molecule has 0 saturated carbocycles. The monoisotopic (exact) mass is 387 g/mol. The van der Waals surface area contributed by atoms with Gasteiger partial charge in [-0.25, -0.2) is 9.59 Å². The van der Waals surface area contributed by atoms with Crippen LogP contribution in [0.3, 0.4) is 0 Å². The smallest absolute Gasteiger partial charge is 0.413 e. The summed E-state index contributed by atoms with van der Waals surface area (Å²) in [6, 6.07) is 2.76. The van der Waals surface area contributed by atoms with Crippen molar-refractivity contribution in [3.63, 3.8) is 0 Å². The maximum Gasteiger partial charge on any atom is 0.413 e. The molecule has 1 aromatic carbocycles. The summed E-state index contributed by atoms with van der Waals surface area (Å²) in [5.41, 5.74) is 0.0821. The third-order valence-electron chi connectivity index (χ3n) is 3.06. The molecule has 1 N–H and O–H groups in total. The Morgan fingerprint density at radius 3 is 2.50 bits per heavy atom. The number of carbonyl (C=O) groups excluding carboxylic acids is 3. The van der Waals surface area contributed by atoms with Crippen LogP contribution in [0.15, 0.2) is 12.1 Å².